The van der Waals surface area contributed by atoms with Crippen LogP contribution in [0.2, 0.25) is 0 Å². The summed E-state index contributed by atoms with van der Waals surface area (Å²) in [5.41, 5.74) is 2.03. The zero-order chi connectivity index (χ0) is 12.7. The van der Waals surface area contributed by atoms with Gasteiger partial charge in [0.2, 0.25) is 0 Å². The molecule has 1 aliphatic rings. The molecule has 0 spiro atoms. The number of urea groups is 1. The fraction of sp³-hybridized carbons (Fsp3) is 0.385. The minimum Gasteiger partial charge on any atom is -0.327 e. The number of hydrogen-bond acceptors (Lipinski definition) is 2. The number of nitrogens with zero attached hydrogens (tertiary/aromatic N) is 4. The Hall–Kier alpha value is -2.04. The van der Waals surface area contributed by atoms with Crippen LogP contribution in [-0.4, -0.2) is 40.8 Å². The van der Waals surface area contributed by atoms with Gasteiger partial charge in [0.05, 0.1) is 11.7 Å². The first-order valence-electron chi connectivity index (χ1n) is 6.11. The summed E-state index contributed by atoms with van der Waals surface area (Å²) in [5.74, 6) is 0. The molecular weight excluding hydrogens is 228 g/mol. The van der Waals surface area contributed by atoms with E-state index in [1.54, 1.807) is 4.90 Å². The Bertz CT molecular complexity index is 604. The second-order valence-electron chi connectivity index (χ2n) is 4.72. The average Bonchev–Trinajstić information content (AvgIpc) is 2.74. The smallest absolute Gasteiger partial charge is 0.324 e. The zero-order valence-electron chi connectivity index (χ0n) is 10.6. The molecule has 0 radical (unpaired) electrons. The molecule has 1 aliphatic heterocycles. The van der Waals surface area contributed by atoms with Gasteiger partial charge in [-0.1, -0.05) is 0 Å². The van der Waals surface area contributed by atoms with Crippen molar-refractivity contribution in [3.05, 3.63) is 24.4 Å². The number of aryl methyl sites for hydroxylation is 1. The van der Waals surface area contributed by atoms with Gasteiger partial charge in [0, 0.05) is 38.3 Å². The van der Waals surface area contributed by atoms with E-state index in [0.717, 1.165) is 36.1 Å². The molecule has 18 heavy (non-hydrogen) atoms. The van der Waals surface area contributed by atoms with Crippen molar-refractivity contribution in [1.29, 1.82) is 0 Å². The lowest BCUT2D eigenvalue weighted by atomic mass is 10.2. The van der Waals surface area contributed by atoms with Crippen molar-refractivity contribution in [3.63, 3.8) is 0 Å². The molecule has 2 amide bonds. The van der Waals surface area contributed by atoms with Crippen LogP contribution in [-0.2, 0) is 7.05 Å². The summed E-state index contributed by atoms with van der Waals surface area (Å²) in [6, 6.07) is 6.10. The van der Waals surface area contributed by atoms with Gasteiger partial charge in [-0.3, -0.25) is 9.58 Å². The van der Waals surface area contributed by atoms with Crippen LogP contribution in [0.15, 0.2) is 24.4 Å². The standard InChI is InChI=1S/C13H16N4O/c1-15-6-3-7-17(13(15)18)11-4-5-12-10(8-11)9-14-16(12)2/h4-5,8-9H,3,6-7H2,1-2H3. The quantitative estimate of drug-likeness (QED) is 0.768. The van der Waals surface area contributed by atoms with Crippen molar-refractivity contribution >= 4 is 22.6 Å². The highest BCUT2D eigenvalue weighted by atomic mass is 16.2. The lowest BCUT2D eigenvalue weighted by Crippen LogP contribution is -2.47. The van der Waals surface area contributed by atoms with E-state index < -0.39 is 0 Å². The normalized spacial score (nSPS) is 16.7. The van der Waals surface area contributed by atoms with Crippen LogP contribution < -0.4 is 4.90 Å². The number of amides is 2. The van der Waals surface area contributed by atoms with Gasteiger partial charge >= 0.3 is 6.03 Å². The molecule has 0 N–H and O–H groups in total. The average molecular weight is 244 g/mol. The van der Waals surface area contributed by atoms with Crippen molar-refractivity contribution < 1.29 is 4.79 Å². The van der Waals surface area contributed by atoms with E-state index in [1.807, 2.05) is 48.1 Å². The molecule has 0 bridgehead atoms. The maximum atomic E-state index is 12.1. The van der Waals surface area contributed by atoms with Crippen molar-refractivity contribution in [1.82, 2.24) is 14.7 Å². The fourth-order valence-electron chi connectivity index (χ4n) is 2.42. The first-order valence-corrected chi connectivity index (χ1v) is 6.11. The van der Waals surface area contributed by atoms with Gasteiger partial charge in [0.1, 0.15) is 0 Å². The number of benzene rings is 1. The van der Waals surface area contributed by atoms with Gasteiger partial charge in [-0.05, 0) is 24.6 Å². The lowest BCUT2D eigenvalue weighted by Gasteiger charge is -2.33. The summed E-state index contributed by atoms with van der Waals surface area (Å²) in [5, 5.41) is 5.28. The Morgan fingerprint density at radius 1 is 1.22 bits per heavy atom. The van der Waals surface area contributed by atoms with Crippen LogP contribution >= 0.6 is 0 Å². The molecule has 0 atom stereocenters. The Kier molecular flexibility index (Phi) is 2.47. The predicted molar refractivity (Wildman–Crippen MR) is 70.7 cm³/mol. The van der Waals surface area contributed by atoms with Crippen molar-refractivity contribution in [2.45, 2.75) is 6.42 Å². The van der Waals surface area contributed by atoms with Gasteiger partial charge in [0.15, 0.2) is 0 Å². The third-order valence-corrected chi connectivity index (χ3v) is 3.47. The summed E-state index contributed by atoms with van der Waals surface area (Å²) in [7, 11) is 3.76. The van der Waals surface area contributed by atoms with Crippen LogP contribution in [0.3, 0.4) is 0 Å². The summed E-state index contributed by atoms with van der Waals surface area (Å²) >= 11 is 0. The third kappa shape index (κ3) is 1.63. The molecule has 94 valence electrons. The molecule has 0 saturated carbocycles. The predicted octanol–water partition coefficient (Wildman–Crippen LogP) is 1.84. The highest BCUT2D eigenvalue weighted by Gasteiger charge is 2.24. The minimum atomic E-state index is 0.0736. The SMILES string of the molecule is CN1CCCN(c2ccc3c(cnn3C)c2)C1=O. The number of rotatable bonds is 1. The van der Waals surface area contributed by atoms with E-state index in [4.69, 9.17) is 0 Å². The molecule has 0 aliphatic carbocycles. The molecule has 1 fully saturated rings. The molecule has 2 aromatic rings. The second kappa shape index (κ2) is 4.01. The number of aromatic nitrogens is 2. The Labute approximate surface area is 106 Å². The first-order chi connectivity index (χ1) is 8.66. The van der Waals surface area contributed by atoms with Crippen LogP contribution in [0.25, 0.3) is 10.9 Å². The van der Waals surface area contributed by atoms with Crippen molar-refractivity contribution in [2.24, 2.45) is 7.05 Å². The summed E-state index contributed by atoms with van der Waals surface area (Å²) in [6.07, 6.45) is 2.84. The highest BCUT2D eigenvalue weighted by molar-refractivity contribution is 5.95. The number of carbonyl (C=O) groups is 1. The summed E-state index contributed by atoms with van der Waals surface area (Å²) < 4.78 is 1.84. The van der Waals surface area contributed by atoms with Gasteiger partial charge in [-0.15, -0.1) is 0 Å². The number of fused-ring (bicyclic) bond motifs is 1. The molecule has 2 heterocycles. The molecule has 1 saturated heterocycles. The maximum absolute atomic E-state index is 12.1. The van der Waals surface area contributed by atoms with Gasteiger partial charge < -0.3 is 4.90 Å². The highest BCUT2D eigenvalue weighted by Crippen LogP contribution is 2.24. The van der Waals surface area contributed by atoms with E-state index in [1.165, 1.54) is 0 Å². The Morgan fingerprint density at radius 3 is 2.89 bits per heavy atom. The van der Waals surface area contributed by atoms with E-state index >= 15 is 0 Å². The van der Waals surface area contributed by atoms with E-state index in [9.17, 15) is 4.79 Å². The van der Waals surface area contributed by atoms with Crippen LogP contribution in [0.4, 0.5) is 10.5 Å². The second-order valence-corrected chi connectivity index (χ2v) is 4.72. The lowest BCUT2D eigenvalue weighted by molar-refractivity contribution is 0.207. The molecule has 1 aromatic carbocycles. The van der Waals surface area contributed by atoms with Crippen LogP contribution in [0, 0.1) is 0 Å². The monoisotopic (exact) mass is 244 g/mol. The molecule has 1 aromatic heterocycles. The first kappa shape index (κ1) is 11.1. The Morgan fingerprint density at radius 2 is 2.06 bits per heavy atom. The van der Waals surface area contributed by atoms with E-state index in [0.29, 0.717) is 0 Å². The fourth-order valence-corrected chi connectivity index (χ4v) is 2.42. The van der Waals surface area contributed by atoms with Gasteiger partial charge in [-0.25, -0.2) is 4.79 Å². The topological polar surface area (TPSA) is 41.4 Å². The number of hydrogen-bond donors (Lipinski definition) is 0. The van der Waals surface area contributed by atoms with Gasteiger partial charge in [-0.2, -0.15) is 5.10 Å². The van der Waals surface area contributed by atoms with E-state index in [2.05, 4.69) is 5.10 Å². The van der Waals surface area contributed by atoms with Crippen molar-refractivity contribution in [2.75, 3.05) is 25.0 Å². The molecule has 5 nitrogen and oxygen atoms in total. The maximum Gasteiger partial charge on any atom is 0.324 e. The largest absolute Gasteiger partial charge is 0.327 e. The van der Waals surface area contributed by atoms with E-state index in [-0.39, 0.29) is 6.03 Å². The van der Waals surface area contributed by atoms with Gasteiger partial charge in [0.25, 0.3) is 0 Å². The van der Waals surface area contributed by atoms with Crippen LogP contribution in [0.5, 0.6) is 0 Å². The van der Waals surface area contributed by atoms with Crippen LogP contribution in [0.1, 0.15) is 6.42 Å². The molecule has 0 unspecified atom stereocenters. The number of carbonyl (C=O) groups excluding carboxylic acids is 1. The zero-order valence-corrected chi connectivity index (χ0v) is 10.6. The molecule has 5 heteroatoms. The summed E-state index contributed by atoms with van der Waals surface area (Å²) in [4.78, 5) is 15.7. The third-order valence-electron chi connectivity index (χ3n) is 3.47. The van der Waals surface area contributed by atoms with Crippen molar-refractivity contribution in [3.8, 4) is 0 Å². The molecular formula is C13H16N4O. The molecule has 3 rings (SSSR count). The number of anilines is 1. The minimum absolute atomic E-state index is 0.0736. The summed E-state index contributed by atoms with van der Waals surface area (Å²) in [6.45, 7) is 1.62. The Balaban J connectivity index is 2.01.